The van der Waals surface area contributed by atoms with Gasteiger partial charge in [0.1, 0.15) is 0 Å². The van der Waals surface area contributed by atoms with Crippen LogP contribution in [0, 0.1) is 11.8 Å². The zero-order chi connectivity index (χ0) is 19.6. The van der Waals surface area contributed by atoms with Gasteiger partial charge in [-0.25, -0.2) is 13.6 Å². The normalized spacial score (nSPS) is 20.9. The number of hydrogen-bond acceptors (Lipinski definition) is 6. The third-order valence-electron chi connectivity index (χ3n) is 5.29. The molecule has 27 heavy (non-hydrogen) atoms. The number of benzene rings is 1. The Balaban J connectivity index is 1.91. The van der Waals surface area contributed by atoms with Crippen molar-refractivity contribution in [3.05, 3.63) is 17.7 Å². The molecule has 0 radical (unpaired) electrons. The summed E-state index contributed by atoms with van der Waals surface area (Å²) in [6.07, 6.45) is 4.34. The van der Waals surface area contributed by atoms with E-state index < -0.39 is 10.0 Å². The van der Waals surface area contributed by atoms with Crippen molar-refractivity contribution in [1.82, 2.24) is 10.6 Å². The highest BCUT2D eigenvalue weighted by Gasteiger charge is 2.33. The molecule has 1 amide bonds. The van der Waals surface area contributed by atoms with E-state index in [1.165, 1.54) is 39.2 Å². The van der Waals surface area contributed by atoms with Gasteiger partial charge in [-0.3, -0.25) is 4.79 Å². The molecule has 1 aromatic carbocycles. The van der Waals surface area contributed by atoms with Gasteiger partial charge < -0.3 is 20.1 Å². The van der Waals surface area contributed by atoms with Crippen molar-refractivity contribution in [3.63, 3.8) is 0 Å². The predicted molar refractivity (Wildman–Crippen MR) is 100 cm³/mol. The molecule has 1 aliphatic heterocycles. The summed E-state index contributed by atoms with van der Waals surface area (Å²) in [6.45, 7) is 1.81. The third-order valence-corrected chi connectivity index (χ3v) is 6.19. The first-order chi connectivity index (χ1) is 12.8. The van der Waals surface area contributed by atoms with Crippen molar-refractivity contribution >= 4 is 15.9 Å². The Morgan fingerprint density at radius 3 is 2.56 bits per heavy atom. The minimum absolute atomic E-state index is 0.0360. The van der Waals surface area contributed by atoms with Crippen LogP contribution in [0.3, 0.4) is 0 Å². The lowest BCUT2D eigenvalue weighted by atomic mass is 9.93. The second kappa shape index (κ2) is 8.04. The molecule has 0 bridgehead atoms. The van der Waals surface area contributed by atoms with Crippen LogP contribution in [0.5, 0.6) is 11.5 Å². The Morgan fingerprint density at radius 2 is 2.04 bits per heavy atom. The molecule has 4 N–H and O–H groups in total. The van der Waals surface area contributed by atoms with E-state index in [1.807, 2.05) is 0 Å². The summed E-state index contributed by atoms with van der Waals surface area (Å²) in [5.41, 5.74) is 0.104. The fourth-order valence-electron chi connectivity index (χ4n) is 3.62. The van der Waals surface area contributed by atoms with Crippen molar-refractivity contribution < 1.29 is 22.7 Å². The molecule has 3 rings (SSSR count). The van der Waals surface area contributed by atoms with Crippen LogP contribution >= 0.6 is 0 Å². The number of ether oxygens (including phenoxy) is 2. The number of methoxy groups -OCH3 is 2. The summed E-state index contributed by atoms with van der Waals surface area (Å²) < 4.78 is 34.1. The molecule has 1 aromatic rings. The van der Waals surface area contributed by atoms with Crippen molar-refractivity contribution in [2.75, 3.05) is 27.3 Å². The SMILES string of the molecule is COc1cc(S(N)(=O)=O)cc(C(=O)NC(CC2CC2)C2CCNC2)c1OC. The summed E-state index contributed by atoms with van der Waals surface area (Å²) in [5, 5.41) is 11.7. The first kappa shape index (κ1) is 19.9. The number of nitrogens with one attached hydrogen (secondary N) is 2. The highest BCUT2D eigenvalue weighted by Crippen LogP contribution is 2.37. The van der Waals surface area contributed by atoms with Crippen molar-refractivity contribution in [1.29, 1.82) is 0 Å². The fourth-order valence-corrected chi connectivity index (χ4v) is 4.17. The number of nitrogens with two attached hydrogens (primary N) is 1. The third kappa shape index (κ3) is 4.72. The lowest BCUT2D eigenvalue weighted by Crippen LogP contribution is -2.41. The highest BCUT2D eigenvalue weighted by molar-refractivity contribution is 7.89. The van der Waals surface area contributed by atoms with E-state index in [-0.39, 0.29) is 33.9 Å². The van der Waals surface area contributed by atoms with Crippen LogP contribution in [-0.4, -0.2) is 47.7 Å². The number of carbonyl (C=O) groups excluding carboxylic acids is 1. The molecule has 2 atom stereocenters. The quantitative estimate of drug-likeness (QED) is 0.598. The first-order valence-corrected chi connectivity index (χ1v) is 10.7. The maximum absolute atomic E-state index is 13.0. The Labute approximate surface area is 159 Å². The molecule has 2 fully saturated rings. The standard InChI is InChI=1S/C18H27N3O5S/c1-25-16-9-13(27(19,23)24)8-14(17(16)26-2)18(22)21-15(7-11-3-4-11)12-5-6-20-10-12/h8-9,11-12,15,20H,3-7,10H2,1-2H3,(H,21,22)(H2,19,23,24). The van der Waals surface area contributed by atoms with E-state index in [9.17, 15) is 13.2 Å². The Kier molecular flexibility index (Phi) is 5.92. The van der Waals surface area contributed by atoms with Crippen LogP contribution in [0.25, 0.3) is 0 Å². The van der Waals surface area contributed by atoms with E-state index in [4.69, 9.17) is 14.6 Å². The summed E-state index contributed by atoms with van der Waals surface area (Å²) >= 11 is 0. The Bertz CT molecular complexity index is 801. The molecular formula is C18H27N3O5S. The van der Waals surface area contributed by atoms with Gasteiger partial charge in [-0.2, -0.15) is 0 Å². The van der Waals surface area contributed by atoms with Crippen LogP contribution in [0.4, 0.5) is 0 Å². The molecule has 8 nitrogen and oxygen atoms in total. The zero-order valence-corrected chi connectivity index (χ0v) is 16.5. The Hall–Kier alpha value is -1.84. The average Bonchev–Trinajstić information content (AvgIpc) is 3.28. The summed E-state index contributed by atoms with van der Waals surface area (Å²) in [5.74, 6) is 0.979. The van der Waals surface area contributed by atoms with Crippen LogP contribution in [0.15, 0.2) is 17.0 Å². The molecule has 2 aliphatic rings. The Morgan fingerprint density at radius 1 is 1.30 bits per heavy atom. The highest BCUT2D eigenvalue weighted by atomic mass is 32.2. The van der Waals surface area contributed by atoms with Gasteiger partial charge in [0.05, 0.1) is 24.7 Å². The minimum atomic E-state index is -4.00. The minimum Gasteiger partial charge on any atom is -0.493 e. The molecule has 0 spiro atoms. The maximum Gasteiger partial charge on any atom is 0.255 e. The molecule has 1 saturated carbocycles. The second-order valence-electron chi connectivity index (χ2n) is 7.26. The van der Waals surface area contributed by atoms with Crippen LogP contribution in [0.1, 0.15) is 36.0 Å². The van der Waals surface area contributed by atoms with Crippen molar-refractivity contribution in [2.24, 2.45) is 17.0 Å². The largest absolute Gasteiger partial charge is 0.493 e. The van der Waals surface area contributed by atoms with E-state index in [1.54, 1.807) is 0 Å². The van der Waals surface area contributed by atoms with Gasteiger partial charge in [-0.15, -0.1) is 0 Å². The molecule has 150 valence electrons. The lowest BCUT2D eigenvalue weighted by Gasteiger charge is -2.25. The lowest BCUT2D eigenvalue weighted by molar-refractivity contribution is 0.0915. The number of primary sulfonamides is 1. The molecule has 0 aromatic heterocycles. The van der Waals surface area contributed by atoms with Crippen molar-refractivity contribution in [2.45, 2.75) is 36.6 Å². The summed E-state index contributed by atoms with van der Waals surface area (Å²) in [7, 11) is -1.20. The number of carbonyl (C=O) groups is 1. The van der Waals surface area contributed by atoms with Gasteiger partial charge >= 0.3 is 0 Å². The van der Waals surface area contributed by atoms with Gasteiger partial charge in [0.25, 0.3) is 5.91 Å². The van der Waals surface area contributed by atoms with Crippen LogP contribution < -0.4 is 25.2 Å². The molecule has 9 heteroatoms. The molecule has 1 saturated heterocycles. The van der Waals surface area contributed by atoms with Gasteiger partial charge in [0.15, 0.2) is 11.5 Å². The van der Waals surface area contributed by atoms with Gasteiger partial charge in [0.2, 0.25) is 10.0 Å². The van der Waals surface area contributed by atoms with Gasteiger partial charge in [-0.1, -0.05) is 12.8 Å². The molecule has 1 heterocycles. The summed E-state index contributed by atoms with van der Waals surface area (Å²) in [4.78, 5) is 12.8. The first-order valence-electron chi connectivity index (χ1n) is 9.14. The number of amides is 1. The monoisotopic (exact) mass is 397 g/mol. The van der Waals surface area contributed by atoms with Gasteiger partial charge in [0, 0.05) is 12.1 Å². The number of hydrogen-bond donors (Lipinski definition) is 3. The number of rotatable bonds is 8. The zero-order valence-electron chi connectivity index (χ0n) is 15.7. The van der Waals surface area contributed by atoms with E-state index in [0.29, 0.717) is 11.8 Å². The smallest absolute Gasteiger partial charge is 0.255 e. The van der Waals surface area contributed by atoms with E-state index in [2.05, 4.69) is 10.6 Å². The average molecular weight is 397 g/mol. The van der Waals surface area contributed by atoms with Gasteiger partial charge in [-0.05, 0) is 43.8 Å². The predicted octanol–water partition coefficient (Wildman–Crippen LogP) is 0.859. The topological polar surface area (TPSA) is 120 Å². The second-order valence-corrected chi connectivity index (χ2v) is 8.82. The molecule has 1 aliphatic carbocycles. The molecular weight excluding hydrogens is 370 g/mol. The summed E-state index contributed by atoms with van der Waals surface area (Å²) in [6, 6.07) is 2.54. The molecule has 2 unspecified atom stereocenters. The van der Waals surface area contributed by atoms with Crippen LogP contribution in [-0.2, 0) is 10.0 Å². The fraction of sp³-hybridized carbons (Fsp3) is 0.611. The van der Waals surface area contributed by atoms with Crippen molar-refractivity contribution in [3.8, 4) is 11.5 Å². The number of sulfonamides is 1. The van der Waals surface area contributed by atoms with E-state index in [0.717, 1.165) is 25.9 Å². The van der Waals surface area contributed by atoms with E-state index >= 15 is 0 Å². The maximum atomic E-state index is 13.0. The van der Waals surface area contributed by atoms with Crippen LogP contribution in [0.2, 0.25) is 0 Å².